The van der Waals surface area contributed by atoms with E-state index in [2.05, 4.69) is 16.2 Å². The van der Waals surface area contributed by atoms with Crippen molar-refractivity contribution in [2.75, 3.05) is 19.0 Å². The van der Waals surface area contributed by atoms with Gasteiger partial charge in [-0.05, 0) is 23.3 Å². The number of benzene rings is 3. The third-order valence-corrected chi connectivity index (χ3v) is 4.40. The summed E-state index contributed by atoms with van der Waals surface area (Å²) in [4.78, 5) is 25.0. The molecule has 0 aliphatic rings. The number of para-hydroxylation sites is 2. The SMILES string of the molecule is COc1ccccc1NCC(=O)NNC(=O)C(c1ccccc1)c1ccccc1. The van der Waals surface area contributed by atoms with Gasteiger partial charge < -0.3 is 10.1 Å². The molecular formula is C23H23N3O3. The minimum absolute atomic E-state index is 0.0119. The highest BCUT2D eigenvalue weighted by atomic mass is 16.5. The molecule has 0 fully saturated rings. The summed E-state index contributed by atoms with van der Waals surface area (Å²) in [7, 11) is 1.56. The normalized spacial score (nSPS) is 10.3. The highest BCUT2D eigenvalue weighted by Crippen LogP contribution is 2.24. The second-order valence-electron chi connectivity index (χ2n) is 6.35. The number of hydrazine groups is 1. The summed E-state index contributed by atoms with van der Waals surface area (Å²) in [6, 6.07) is 26.2. The molecule has 6 heteroatoms. The van der Waals surface area contributed by atoms with Crippen molar-refractivity contribution in [3.63, 3.8) is 0 Å². The van der Waals surface area contributed by atoms with Crippen molar-refractivity contribution in [1.82, 2.24) is 10.9 Å². The Morgan fingerprint density at radius 2 is 1.34 bits per heavy atom. The topological polar surface area (TPSA) is 79.5 Å². The molecule has 0 spiro atoms. The number of amides is 2. The molecule has 29 heavy (non-hydrogen) atoms. The van der Waals surface area contributed by atoms with Crippen molar-refractivity contribution < 1.29 is 14.3 Å². The van der Waals surface area contributed by atoms with Crippen LogP contribution in [0.2, 0.25) is 0 Å². The van der Waals surface area contributed by atoms with Gasteiger partial charge in [-0.25, -0.2) is 0 Å². The fraction of sp³-hybridized carbons (Fsp3) is 0.130. The van der Waals surface area contributed by atoms with E-state index in [9.17, 15) is 9.59 Å². The first-order valence-electron chi connectivity index (χ1n) is 9.24. The van der Waals surface area contributed by atoms with E-state index in [-0.39, 0.29) is 18.4 Å². The minimum Gasteiger partial charge on any atom is -0.495 e. The van der Waals surface area contributed by atoms with Gasteiger partial charge in [0.15, 0.2) is 0 Å². The van der Waals surface area contributed by atoms with Crippen molar-refractivity contribution in [3.05, 3.63) is 96.1 Å². The van der Waals surface area contributed by atoms with Crippen LogP contribution in [0.5, 0.6) is 5.75 Å². The summed E-state index contributed by atoms with van der Waals surface area (Å²) in [6.07, 6.45) is 0. The maximum Gasteiger partial charge on any atom is 0.257 e. The van der Waals surface area contributed by atoms with E-state index in [1.165, 1.54) is 0 Å². The fourth-order valence-corrected chi connectivity index (χ4v) is 3.00. The zero-order valence-corrected chi connectivity index (χ0v) is 16.1. The molecule has 0 aliphatic carbocycles. The standard InChI is InChI=1S/C23H23N3O3/c1-29-20-15-9-8-14-19(20)24-16-21(27)25-26-23(28)22(17-10-4-2-5-11-17)18-12-6-3-7-13-18/h2-15,22,24H,16H2,1H3,(H,25,27)(H,26,28). The average molecular weight is 389 g/mol. The number of carbonyl (C=O) groups is 2. The van der Waals surface area contributed by atoms with E-state index in [0.29, 0.717) is 11.4 Å². The molecule has 0 saturated carbocycles. The summed E-state index contributed by atoms with van der Waals surface area (Å²) >= 11 is 0. The molecule has 0 saturated heterocycles. The quantitative estimate of drug-likeness (QED) is 0.543. The summed E-state index contributed by atoms with van der Waals surface area (Å²) in [5.74, 6) is -0.574. The lowest BCUT2D eigenvalue weighted by Crippen LogP contribution is -2.46. The van der Waals surface area contributed by atoms with Gasteiger partial charge in [-0.15, -0.1) is 0 Å². The van der Waals surface area contributed by atoms with Gasteiger partial charge in [-0.3, -0.25) is 20.4 Å². The van der Waals surface area contributed by atoms with Crippen molar-refractivity contribution in [1.29, 1.82) is 0 Å². The third kappa shape index (κ3) is 5.35. The predicted octanol–water partition coefficient (Wildman–Crippen LogP) is 3.09. The molecule has 0 radical (unpaired) electrons. The minimum atomic E-state index is -0.528. The van der Waals surface area contributed by atoms with E-state index in [1.54, 1.807) is 13.2 Å². The zero-order chi connectivity index (χ0) is 20.5. The molecular weight excluding hydrogens is 366 g/mol. The Morgan fingerprint density at radius 3 is 1.93 bits per heavy atom. The average Bonchev–Trinajstić information content (AvgIpc) is 2.78. The van der Waals surface area contributed by atoms with Gasteiger partial charge >= 0.3 is 0 Å². The number of hydrogen-bond donors (Lipinski definition) is 3. The highest BCUT2D eigenvalue weighted by molar-refractivity contribution is 5.90. The van der Waals surface area contributed by atoms with Crippen LogP contribution in [0.3, 0.4) is 0 Å². The number of nitrogens with one attached hydrogen (secondary N) is 3. The van der Waals surface area contributed by atoms with Crippen LogP contribution in [0.15, 0.2) is 84.9 Å². The van der Waals surface area contributed by atoms with Gasteiger partial charge in [-0.2, -0.15) is 0 Å². The molecule has 0 atom stereocenters. The van der Waals surface area contributed by atoms with E-state index >= 15 is 0 Å². The molecule has 2 amide bonds. The van der Waals surface area contributed by atoms with Gasteiger partial charge in [-0.1, -0.05) is 72.8 Å². The summed E-state index contributed by atoms with van der Waals surface area (Å²) in [6.45, 7) is -0.0119. The van der Waals surface area contributed by atoms with Gasteiger partial charge in [0, 0.05) is 0 Å². The molecule has 6 nitrogen and oxygen atoms in total. The number of anilines is 1. The van der Waals surface area contributed by atoms with Crippen LogP contribution >= 0.6 is 0 Å². The van der Waals surface area contributed by atoms with Crippen LogP contribution in [0.1, 0.15) is 17.0 Å². The Kier molecular flexibility index (Phi) is 6.84. The van der Waals surface area contributed by atoms with Crippen molar-refractivity contribution >= 4 is 17.5 Å². The summed E-state index contributed by atoms with van der Waals surface area (Å²) in [5, 5.41) is 2.99. The fourth-order valence-electron chi connectivity index (χ4n) is 3.00. The first-order valence-corrected chi connectivity index (χ1v) is 9.24. The molecule has 0 unspecified atom stereocenters. The Balaban J connectivity index is 1.62. The van der Waals surface area contributed by atoms with Crippen LogP contribution in [-0.4, -0.2) is 25.5 Å². The van der Waals surface area contributed by atoms with Crippen LogP contribution in [0.25, 0.3) is 0 Å². The van der Waals surface area contributed by atoms with Gasteiger partial charge in [0.1, 0.15) is 5.75 Å². The maximum atomic E-state index is 12.9. The number of carbonyl (C=O) groups excluding carboxylic acids is 2. The first kappa shape index (κ1) is 19.9. The summed E-state index contributed by atoms with van der Waals surface area (Å²) < 4.78 is 5.24. The lowest BCUT2D eigenvalue weighted by molar-refractivity contribution is -0.128. The predicted molar refractivity (Wildman–Crippen MR) is 112 cm³/mol. The van der Waals surface area contributed by atoms with Crippen LogP contribution in [0.4, 0.5) is 5.69 Å². The number of rotatable bonds is 7. The van der Waals surface area contributed by atoms with Crippen LogP contribution in [-0.2, 0) is 9.59 Å². The van der Waals surface area contributed by atoms with E-state index in [4.69, 9.17) is 4.74 Å². The largest absolute Gasteiger partial charge is 0.495 e. The lowest BCUT2D eigenvalue weighted by Gasteiger charge is -2.18. The maximum absolute atomic E-state index is 12.9. The molecule has 3 aromatic rings. The number of methoxy groups -OCH3 is 1. The molecule has 0 aliphatic heterocycles. The molecule has 3 N–H and O–H groups in total. The van der Waals surface area contributed by atoms with Crippen molar-refractivity contribution in [3.8, 4) is 5.75 Å². The number of hydrogen-bond acceptors (Lipinski definition) is 4. The highest BCUT2D eigenvalue weighted by Gasteiger charge is 2.22. The van der Waals surface area contributed by atoms with Crippen LogP contribution < -0.4 is 20.9 Å². The van der Waals surface area contributed by atoms with Crippen LogP contribution in [0, 0.1) is 0 Å². The zero-order valence-electron chi connectivity index (χ0n) is 16.1. The second kappa shape index (κ2) is 9.94. The first-order chi connectivity index (χ1) is 14.2. The Morgan fingerprint density at radius 1 is 0.793 bits per heavy atom. The molecule has 3 aromatic carbocycles. The number of ether oxygens (including phenoxy) is 1. The van der Waals surface area contributed by atoms with Gasteiger partial charge in [0.05, 0.1) is 25.3 Å². The molecule has 0 bridgehead atoms. The molecule has 3 rings (SSSR count). The molecule has 0 aromatic heterocycles. The van der Waals surface area contributed by atoms with E-state index in [1.807, 2.05) is 78.9 Å². The second-order valence-corrected chi connectivity index (χ2v) is 6.35. The Labute approximate surface area is 169 Å². The smallest absolute Gasteiger partial charge is 0.257 e. The lowest BCUT2D eigenvalue weighted by atomic mass is 9.91. The van der Waals surface area contributed by atoms with E-state index < -0.39 is 5.92 Å². The van der Waals surface area contributed by atoms with E-state index in [0.717, 1.165) is 11.1 Å². The third-order valence-electron chi connectivity index (χ3n) is 4.40. The monoisotopic (exact) mass is 389 g/mol. The molecule has 0 heterocycles. The van der Waals surface area contributed by atoms with Crippen molar-refractivity contribution in [2.24, 2.45) is 0 Å². The molecule has 148 valence electrons. The Bertz CT molecular complexity index is 906. The van der Waals surface area contributed by atoms with Gasteiger partial charge in [0.25, 0.3) is 5.91 Å². The van der Waals surface area contributed by atoms with Gasteiger partial charge in [0.2, 0.25) is 5.91 Å². The Hall–Kier alpha value is -3.80. The summed E-state index contributed by atoms with van der Waals surface area (Å²) in [5.41, 5.74) is 7.39. The van der Waals surface area contributed by atoms with Crippen molar-refractivity contribution in [2.45, 2.75) is 5.92 Å².